The van der Waals surface area contributed by atoms with E-state index >= 15 is 0 Å². The van der Waals surface area contributed by atoms with Gasteiger partial charge in [-0.3, -0.25) is 14.6 Å². The topological polar surface area (TPSA) is 88.9 Å². The Labute approximate surface area is 155 Å². The summed E-state index contributed by atoms with van der Waals surface area (Å²) in [6.07, 6.45) is 8.56. The predicted molar refractivity (Wildman–Crippen MR) is 104 cm³/mol. The van der Waals surface area contributed by atoms with Gasteiger partial charge in [-0.15, -0.1) is 0 Å². The lowest BCUT2D eigenvalue weighted by atomic mass is 10.1. The predicted octanol–water partition coefficient (Wildman–Crippen LogP) is 2.78. The molecule has 0 spiro atoms. The van der Waals surface area contributed by atoms with Gasteiger partial charge >= 0.3 is 0 Å². The molecule has 134 valence electrons. The second-order valence-electron chi connectivity index (χ2n) is 6.20. The summed E-state index contributed by atoms with van der Waals surface area (Å²) < 4.78 is 1.91. The summed E-state index contributed by atoms with van der Waals surface area (Å²) in [6, 6.07) is 11.3. The smallest absolute Gasteiger partial charge is 0.253 e. The van der Waals surface area contributed by atoms with Crippen LogP contribution in [-0.2, 0) is 0 Å². The Balaban J connectivity index is 1.52. The van der Waals surface area contributed by atoms with Gasteiger partial charge in [-0.1, -0.05) is 12.1 Å². The van der Waals surface area contributed by atoms with Crippen LogP contribution in [0.4, 0.5) is 17.1 Å². The molecule has 0 amide bonds. The molecule has 2 aromatic heterocycles. The van der Waals surface area contributed by atoms with Crippen LogP contribution in [0.3, 0.4) is 0 Å². The highest BCUT2D eigenvalue weighted by Gasteiger charge is 2.22. The highest BCUT2D eigenvalue weighted by atomic mass is 16.2. The van der Waals surface area contributed by atoms with Crippen LogP contribution in [0.1, 0.15) is 18.5 Å². The lowest BCUT2D eigenvalue weighted by Crippen LogP contribution is -2.37. The number of nitrogens with zero attached hydrogens (tertiary/aromatic N) is 3. The molecule has 0 saturated carbocycles. The minimum absolute atomic E-state index is 0.136. The molecule has 0 saturated heterocycles. The third kappa shape index (κ3) is 3.22. The fourth-order valence-corrected chi connectivity index (χ4v) is 2.88. The Hall–Kier alpha value is -3.74. The number of hydrogen-bond acceptors (Lipinski definition) is 6. The van der Waals surface area contributed by atoms with E-state index in [1.54, 1.807) is 37.1 Å². The second kappa shape index (κ2) is 6.87. The normalized spacial score (nSPS) is 12.0. The molecule has 7 heteroatoms. The summed E-state index contributed by atoms with van der Waals surface area (Å²) in [6.45, 7) is 1.94. The largest absolute Gasteiger partial charge is 0.373 e. The van der Waals surface area contributed by atoms with Crippen molar-refractivity contribution in [1.82, 2.24) is 14.5 Å². The van der Waals surface area contributed by atoms with Gasteiger partial charge in [-0.05, 0) is 36.8 Å². The quantitative estimate of drug-likeness (QED) is 0.515. The van der Waals surface area contributed by atoms with E-state index in [9.17, 15) is 9.59 Å². The minimum atomic E-state index is -0.517. The van der Waals surface area contributed by atoms with E-state index in [0.717, 1.165) is 11.3 Å². The molecule has 2 heterocycles. The average molecular weight is 359 g/mol. The molecule has 0 radical (unpaired) electrons. The third-order valence-corrected chi connectivity index (χ3v) is 4.42. The third-order valence-electron chi connectivity index (χ3n) is 4.42. The van der Waals surface area contributed by atoms with Gasteiger partial charge in [0.2, 0.25) is 0 Å². The van der Waals surface area contributed by atoms with Gasteiger partial charge < -0.3 is 15.2 Å². The van der Waals surface area contributed by atoms with Crippen molar-refractivity contribution in [2.45, 2.75) is 13.0 Å². The first-order valence-electron chi connectivity index (χ1n) is 8.48. The van der Waals surface area contributed by atoms with Crippen LogP contribution in [-0.4, -0.2) is 14.5 Å². The molecule has 0 aliphatic heterocycles. The number of aromatic nitrogens is 3. The number of pyridine rings is 1. The number of benzene rings is 1. The Morgan fingerprint density at radius 3 is 2.26 bits per heavy atom. The number of rotatable bonds is 6. The first kappa shape index (κ1) is 16.7. The zero-order valence-electron chi connectivity index (χ0n) is 14.6. The molecule has 0 aliphatic rings. The van der Waals surface area contributed by atoms with Gasteiger partial charge in [0.05, 0.1) is 6.33 Å². The first-order chi connectivity index (χ1) is 13.1. The van der Waals surface area contributed by atoms with E-state index < -0.39 is 10.9 Å². The van der Waals surface area contributed by atoms with Gasteiger partial charge in [-0.25, -0.2) is 4.98 Å². The van der Waals surface area contributed by atoms with E-state index in [0.29, 0.717) is 11.4 Å². The average Bonchev–Trinajstić information content (AvgIpc) is 3.26. The molecule has 27 heavy (non-hydrogen) atoms. The van der Waals surface area contributed by atoms with Crippen molar-refractivity contribution in [3.8, 4) is 5.69 Å². The molecule has 2 aromatic carbocycles. The minimum Gasteiger partial charge on any atom is -0.373 e. The molecule has 1 atom stereocenters. The zero-order chi connectivity index (χ0) is 18.8. The fraction of sp³-hybridized carbons (Fsp3) is 0.100. The lowest BCUT2D eigenvalue weighted by Gasteiger charge is -2.20. The van der Waals surface area contributed by atoms with Crippen molar-refractivity contribution < 1.29 is 0 Å². The van der Waals surface area contributed by atoms with Crippen molar-refractivity contribution in [2.24, 2.45) is 0 Å². The Morgan fingerprint density at radius 1 is 0.889 bits per heavy atom. The van der Waals surface area contributed by atoms with Gasteiger partial charge in [0.15, 0.2) is 0 Å². The molecule has 7 nitrogen and oxygen atoms in total. The van der Waals surface area contributed by atoms with Crippen LogP contribution in [0.15, 0.2) is 77.1 Å². The summed E-state index contributed by atoms with van der Waals surface area (Å²) >= 11 is 0. The molecule has 4 aromatic rings. The number of anilines is 3. The monoisotopic (exact) mass is 359 g/mol. The maximum absolute atomic E-state index is 12.0. The highest BCUT2D eigenvalue weighted by molar-refractivity contribution is 5.78. The van der Waals surface area contributed by atoms with Gasteiger partial charge in [0, 0.05) is 42.2 Å². The maximum atomic E-state index is 12.0. The maximum Gasteiger partial charge on any atom is 0.253 e. The van der Waals surface area contributed by atoms with Crippen LogP contribution >= 0.6 is 0 Å². The Morgan fingerprint density at radius 2 is 1.59 bits per heavy atom. The zero-order valence-corrected chi connectivity index (χ0v) is 14.6. The molecular weight excluding hydrogens is 342 g/mol. The first-order valence-corrected chi connectivity index (χ1v) is 8.48. The lowest BCUT2D eigenvalue weighted by molar-refractivity contribution is 0.878. The van der Waals surface area contributed by atoms with E-state index in [1.165, 1.54) is 0 Å². The summed E-state index contributed by atoms with van der Waals surface area (Å²) in [5, 5.41) is 6.14. The summed E-state index contributed by atoms with van der Waals surface area (Å²) in [7, 11) is 0. The number of imidazole rings is 1. The summed E-state index contributed by atoms with van der Waals surface area (Å²) in [4.78, 5) is 31.9. The molecule has 0 bridgehead atoms. The Kier molecular flexibility index (Phi) is 4.25. The van der Waals surface area contributed by atoms with Crippen LogP contribution in [0.2, 0.25) is 0 Å². The van der Waals surface area contributed by atoms with Crippen molar-refractivity contribution >= 4 is 17.1 Å². The summed E-state index contributed by atoms with van der Waals surface area (Å²) in [5.41, 5.74) is 2.28. The fourth-order valence-electron chi connectivity index (χ4n) is 2.88. The highest BCUT2D eigenvalue weighted by Crippen LogP contribution is 2.25. The molecule has 4 rings (SSSR count). The molecule has 0 fully saturated rings. The van der Waals surface area contributed by atoms with Crippen LogP contribution in [0.25, 0.3) is 5.69 Å². The van der Waals surface area contributed by atoms with Crippen molar-refractivity contribution in [3.63, 3.8) is 0 Å². The van der Waals surface area contributed by atoms with Gasteiger partial charge in [0.1, 0.15) is 11.4 Å². The van der Waals surface area contributed by atoms with Gasteiger partial charge in [0.25, 0.3) is 10.9 Å². The van der Waals surface area contributed by atoms with Crippen molar-refractivity contribution in [2.75, 3.05) is 10.6 Å². The van der Waals surface area contributed by atoms with Crippen LogP contribution in [0.5, 0.6) is 0 Å². The molecular formula is C20H17N5O2. The van der Waals surface area contributed by atoms with Gasteiger partial charge in [-0.2, -0.15) is 0 Å². The second-order valence-corrected chi connectivity index (χ2v) is 6.20. The van der Waals surface area contributed by atoms with Crippen LogP contribution < -0.4 is 21.5 Å². The van der Waals surface area contributed by atoms with E-state index in [2.05, 4.69) is 20.6 Å². The number of hydrogen-bond donors (Lipinski definition) is 2. The van der Waals surface area contributed by atoms with E-state index in [4.69, 9.17) is 0 Å². The SMILES string of the molecule is CC(Nc1c(Nc2ccncc2)c(=O)c1=O)c1ccc(-n2ccnc2)cc1. The standard InChI is InChI=1S/C20H17N5O2/c1-13(14-2-4-16(5-3-14)25-11-10-22-12-25)23-17-18(20(27)19(17)26)24-15-6-8-21-9-7-15/h2-13,23H,1H3,(H,21,24). The Bertz CT molecular complexity index is 1110. The molecule has 1 unspecified atom stereocenters. The van der Waals surface area contributed by atoms with Crippen molar-refractivity contribution in [1.29, 1.82) is 0 Å². The van der Waals surface area contributed by atoms with Crippen molar-refractivity contribution in [3.05, 3.63) is 93.5 Å². The van der Waals surface area contributed by atoms with Crippen LogP contribution in [0, 0.1) is 0 Å². The molecule has 0 aliphatic carbocycles. The number of nitrogens with one attached hydrogen (secondary N) is 2. The summed E-state index contributed by atoms with van der Waals surface area (Å²) in [5.74, 6) is 0. The van der Waals surface area contributed by atoms with E-state index in [-0.39, 0.29) is 11.7 Å². The van der Waals surface area contributed by atoms with E-state index in [1.807, 2.05) is 42.0 Å². The molecule has 2 N–H and O–H groups in total.